The zero-order valence-corrected chi connectivity index (χ0v) is 15.6. The van der Waals surface area contributed by atoms with Crippen molar-refractivity contribution in [3.63, 3.8) is 0 Å². The Bertz CT molecular complexity index is 655. The van der Waals surface area contributed by atoms with Crippen molar-refractivity contribution >= 4 is 33.6 Å². The molecule has 0 amide bonds. The van der Waals surface area contributed by atoms with Crippen molar-refractivity contribution in [1.29, 1.82) is 0 Å². The van der Waals surface area contributed by atoms with Crippen LogP contribution in [0.2, 0.25) is 0 Å². The van der Waals surface area contributed by atoms with E-state index in [1.165, 1.54) is 11.3 Å². The second kappa shape index (κ2) is 6.75. The van der Waals surface area contributed by atoms with Crippen LogP contribution in [0.3, 0.4) is 0 Å². The van der Waals surface area contributed by atoms with Crippen molar-refractivity contribution in [2.45, 2.75) is 33.1 Å². The molecule has 3 rings (SSSR count). The summed E-state index contributed by atoms with van der Waals surface area (Å²) in [5, 5.41) is 0. The molecule has 0 spiro atoms. The third-order valence-electron chi connectivity index (χ3n) is 4.71. The van der Waals surface area contributed by atoms with E-state index >= 15 is 0 Å². The molecule has 1 aromatic rings. The van der Waals surface area contributed by atoms with E-state index in [1.807, 2.05) is 6.07 Å². The van der Waals surface area contributed by atoms with Gasteiger partial charge in [0.1, 0.15) is 0 Å². The van der Waals surface area contributed by atoms with Crippen LogP contribution in [0.4, 0.5) is 5.69 Å². The lowest BCUT2D eigenvalue weighted by Gasteiger charge is -2.44. The lowest BCUT2D eigenvalue weighted by Crippen LogP contribution is -2.55. The topological polar surface area (TPSA) is 55.8 Å². The van der Waals surface area contributed by atoms with Crippen LogP contribution in [0, 0.1) is 5.41 Å². The lowest BCUT2D eigenvalue weighted by molar-refractivity contribution is -0.171. The fourth-order valence-corrected chi connectivity index (χ4v) is 4.33. The zero-order valence-electron chi connectivity index (χ0n) is 14.1. The predicted octanol–water partition coefficient (Wildman–Crippen LogP) is 2.87. The molecule has 0 bridgehead atoms. The van der Waals surface area contributed by atoms with E-state index in [4.69, 9.17) is 9.47 Å². The summed E-state index contributed by atoms with van der Waals surface area (Å²) in [5.74, 6) is -0.970. The molecule has 6 heteroatoms. The van der Waals surface area contributed by atoms with Gasteiger partial charge in [-0.3, -0.25) is 9.59 Å². The molecule has 2 aliphatic rings. The number of aryl methyl sites for hydroxylation is 1. The van der Waals surface area contributed by atoms with Gasteiger partial charge in [-0.05, 0) is 49.9 Å². The summed E-state index contributed by atoms with van der Waals surface area (Å²) in [6.07, 6.45) is 2.34. The Kier molecular flexibility index (Phi) is 4.85. The molecule has 2 heterocycles. The number of rotatable bonds is 4. The predicted molar refractivity (Wildman–Crippen MR) is 94.1 cm³/mol. The second-order valence-electron chi connectivity index (χ2n) is 6.30. The van der Waals surface area contributed by atoms with E-state index < -0.39 is 17.4 Å². The van der Waals surface area contributed by atoms with Gasteiger partial charge in [-0.1, -0.05) is 15.9 Å². The smallest absolute Gasteiger partial charge is 0.325 e. The minimum absolute atomic E-state index is 0.247. The highest BCUT2D eigenvalue weighted by Gasteiger charge is 2.53. The van der Waals surface area contributed by atoms with E-state index in [0.717, 1.165) is 29.4 Å². The molecular weight excluding hydrogens is 374 g/mol. The van der Waals surface area contributed by atoms with Gasteiger partial charge in [0, 0.05) is 29.7 Å². The largest absolute Gasteiger partial charge is 0.465 e. The van der Waals surface area contributed by atoms with Crippen molar-refractivity contribution < 1.29 is 19.1 Å². The average Bonchev–Trinajstić information content (AvgIpc) is 2.54. The van der Waals surface area contributed by atoms with Gasteiger partial charge in [0.05, 0.1) is 13.2 Å². The number of hydrogen-bond donors (Lipinski definition) is 0. The van der Waals surface area contributed by atoms with Crippen LogP contribution in [-0.2, 0) is 31.9 Å². The van der Waals surface area contributed by atoms with E-state index in [-0.39, 0.29) is 13.2 Å². The average molecular weight is 396 g/mol. The van der Waals surface area contributed by atoms with Crippen molar-refractivity contribution in [3.05, 3.63) is 27.7 Å². The van der Waals surface area contributed by atoms with Crippen LogP contribution < -0.4 is 4.90 Å². The Morgan fingerprint density at radius 3 is 2.42 bits per heavy atom. The van der Waals surface area contributed by atoms with E-state index in [2.05, 4.69) is 26.9 Å². The van der Waals surface area contributed by atoms with Crippen molar-refractivity contribution in [2.24, 2.45) is 5.41 Å². The molecule has 0 fully saturated rings. The minimum atomic E-state index is -1.28. The van der Waals surface area contributed by atoms with Crippen LogP contribution in [-0.4, -0.2) is 38.2 Å². The summed E-state index contributed by atoms with van der Waals surface area (Å²) in [4.78, 5) is 27.6. The Hall–Kier alpha value is -1.56. The van der Waals surface area contributed by atoms with Gasteiger partial charge in [0.15, 0.2) is 5.41 Å². The molecule has 0 N–H and O–H groups in total. The van der Waals surface area contributed by atoms with Crippen LogP contribution in [0.15, 0.2) is 16.6 Å². The molecule has 24 heavy (non-hydrogen) atoms. The van der Waals surface area contributed by atoms with E-state index in [0.29, 0.717) is 13.0 Å². The molecule has 0 aromatic heterocycles. The summed E-state index contributed by atoms with van der Waals surface area (Å²) < 4.78 is 11.5. The third kappa shape index (κ3) is 2.81. The molecule has 0 unspecified atom stereocenters. The SMILES string of the molecule is CCOC(=O)C1(C(=O)OCC)Cc2cc(Br)cc3c2N(CCC3)C1. The van der Waals surface area contributed by atoms with Crippen LogP contribution in [0.5, 0.6) is 0 Å². The number of anilines is 1. The highest BCUT2D eigenvalue weighted by atomic mass is 79.9. The maximum Gasteiger partial charge on any atom is 0.325 e. The van der Waals surface area contributed by atoms with Crippen LogP contribution in [0.25, 0.3) is 0 Å². The molecule has 0 aliphatic carbocycles. The van der Waals surface area contributed by atoms with Gasteiger partial charge >= 0.3 is 11.9 Å². The molecule has 130 valence electrons. The van der Waals surface area contributed by atoms with Gasteiger partial charge in [-0.25, -0.2) is 0 Å². The monoisotopic (exact) mass is 395 g/mol. The Labute approximate surface area is 150 Å². The van der Waals surface area contributed by atoms with Crippen molar-refractivity contribution in [1.82, 2.24) is 0 Å². The quantitative estimate of drug-likeness (QED) is 0.579. The summed E-state index contributed by atoms with van der Waals surface area (Å²) in [5.41, 5.74) is 2.17. The number of nitrogens with zero attached hydrogens (tertiary/aromatic N) is 1. The number of benzene rings is 1. The molecule has 1 aromatic carbocycles. The lowest BCUT2D eigenvalue weighted by atomic mass is 9.75. The van der Waals surface area contributed by atoms with Gasteiger partial charge in [0.25, 0.3) is 0 Å². The zero-order chi connectivity index (χ0) is 17.3. The van der Waals surface area contributed by atoms with Crippen LogP contribution in [0.1, 0.15) is 31.4 Å². The summed E-state index contributed by atoms with van der Waals surface area (Å²) >= 11 is 3.55. The maximum atomic E-state index is 12.7. The third-order valence-corrected chi connectivity index (χ3v) is 5.17. The van der Waals surface area contributed by atoms with Gasteiger partial charge in [-0.2, -0.15) is 0 Å². The second-order valence-corrected chi connectivity index (χ2v) is 7.21. The number of carbonyl (C=O) groups excluding carboxylic acids is 2. The molecule has 0 radical (unpaired) electrons. The molecule has 5 nitrogen and oxygen atoms in total. The summed E-state index contributed by atoms with van der Waals surface area (Å²) in [6, 6.07) is 4.14. The first-order valence-corrected chi connectivity index (χ1v) is 9.22. The first-order chi connectivity index (χ1) is 11.5. The number of esters is 2. The molecule has 2 aliphatic heterocycles. The highest BCUT2D eigenvalue weighted by Crippen LogP contribution is 2.44. The van der Waals surface area contributed by atoms with Crippen LogP contribution >= 0.6 is 15.9 Å². The van der Waals surface area contributed by atoms with Crippen molar-refractivity contribution in [3.8, 4) is 0 Å². The van der Waals surface area contributed by atoms with E-state index in [1.54, 1.807) is 13.8 Å². The fourth-order valence-electron chi connectivity index (χ4n) is 3.78. The standard InChI is InChI=1S/C18H22BrNO4/c1-3-23-16(21)18(17(22)24-4-2)10-13-9-14(19)8-12-6-5-7-20(11-18)15(12)13/h8-9H,3-7,10-11H2,1-2H3. The number of ether oxygens (including phenoxy) is 2. The molecular formula is C18H22BrNO4. The molecule has 0 atom stereocenters. The van der Waals surface area contributed by atoms with E-state index in [9.17, 15) is 9.59 Å². The summed E-state index contributed by atoms with van der Waals surface area (Å²) in [6.45, 7) is 5.16. The maximum absolute atomic E-state index is 12.7. The molecule has 0 saturated heterocycles. The van der Waals surface area contributed by atoms with Gasteiger partial charge in [0.2, 0.25) is 0 Å². The number of halogens is 1. The number of hydrogen-bond acceptors (Lipinski definition) is 5. The highest BCUT2D eigenvalue weighted by molar-refractivity contribution is 9.10. The minimum Gasteiger partial charge on any atom is -0.465 e. The normalized spacial score (nSPS) is 17.9. The summed E-state index contributed by atoms with van der Waals surface area (Å²) in [7, 11) is 0. The number of carbonyl (C=O) groups is 2. The first-order valence-electron chi connectivity index (χ1n) is 8.42. The fraction of sp³-hybridized carbons (Fsp3) is 0.556. The molecule has 0 saturated carbocycles. The van der Waals surface area contributed by atoms with Gasteiger partial charge < -0.3 is 14.4 Å². The Morgan fingerprint density at radius 1 is 1.17 bits per heavy atom. The first kappa shape index (κ1) is 17.3. The van der Waals surface area contributed by atoms with Gasteiger partial charge in [-0.15, -0.1) is 0 Å². The van der Waals surface area contributed by atoms with Crippen molar-refractivity contribution in [2.75, 3.05) is 31.2 Å². The Morgan fingerprint density at radius 2 is 1.79 bits per heavy atom. The Balaban J connectivity index is 2.09.